The molecule has 1 aliphatic rings. The summed E-state index contributed by atoms with van der Waals surface area (Å²) < 4.78 is 0. The smallest absolute Gasteiger partial charge is 0.0413 e. The molecular weight excluding hydrogens is 182 g/mol. The Labute approximate surface area is 91.9 Å². The van der Waals surface area contributed by atoms with E-state index in [0.717, 1.165) is 11.8 Å². The second-order valence-corrected chi connectivity index (χ2v) is 4.84. The van der Waals surface area contributed by atoms with Gasteiger partial charge in [0.1, 0.15) is 0 Å². The van der Waals surface area contributed by atoms with Gasteiger partial charge in [-0.25, -0.2) is 0 Å². The Morgan fingerprint density at radius 3 is 3.20 bits per heavy atom. The van der Waals surface area contributed by atoms with Crippen molar-refractivity contribution >= 4 is 12.2 Å². The summed E-state index contributed by atoms with van der Waals surface area (Å²) in [6.07, 6.45) is 12.1. The molecule has 2 atom stereocenters. The fourth-order valence-corrected chi connectivity index (χ4v) is 2.59. The van der Waals surface area contributed by atoms with E-state index in [-0.39, 0.29) is 0 Å². The predicted molar refractivity (Wildman–Crippen MR) is 65.8 cm³/mol. The highest BCUT2D eigenvalue weighted by molar-refractivity contribution is 5.38. The molecule has 2 rings (SSSR count). The van der Waals surface area contributed by atoms with Crippen molar-refractivity contribution in [3.05, 3.63) is 22.8 Å². The van der Waals surface area contributed by atoms with Crippen molar-refractivity contribution in [1.82, 2.24) is 4.98 Å². The van der Waals surface area contributed by atoms with Crippen molar-refractivity contribution in [2.75, 3.05) is 0 Å². The van der Waals surface area contributed by atoms with Crippen molar-refractivity contribution in [3.8, 4) is 0 Å². The summed E-state index contributed by atoms with van der Waals surface area (Å²) in [4.78, 5) is 3.31. The van der Waals surface area contributed by atoms with Crippen LogP contribution in [-0.2, 0) is 0 Å². The van der Waals surface area contributed by atoms with E-state index in [2.05, 4.69) is 37.0 Å². The minimum atomic E-state index is 0.748. The standard InChI is InChI=1S/C14H21N/c1-3-4-11(2)9-12-5-6-13-7-8-15-14(13)10-12/h6-8,10-12,15H,3-5,9H2,1-2H3. The Bertz CT molecular complexity index is 413. The third-order valence-corrected chi connectivity index (χ3v) is 3.34. The maximum absolute atomic E-state index is 3.31. The molecule has 0 amide bonds. The third-order valence-electron chi connectivity index (χ3n) is 3.34. The van der Waals surface area contributed by atoms with E-state index in [1.54, 1.807) is 0 Å². The van der Waals surface area contributed by atoms with Crippen LogP contribution in [0.5, 0.6) is 0 Å². The third kappa shape index (κ3) is 2.53. The van der Waals surface area contributed by atoms with Crippen LogP contribution in [0.15, 0.2) is 12.3 Å². The summed E-state index contributed by atoms with van der Waals surface area (Å²) >= 11 is 0. The van der Waals surface area contributed by atoms with Gasteiger partial charge >= 0.3 is 0 Å². The average Bonchev–Trinajstić information content (AvgIpc) is 2.65. The van der Waals surface area contributed by atoms with Gasteiger partial charge in [-0.1, -0.05) is 38.8 Å². The van der Waals surface area contributed by atoms with E-state index in [0.29, 0.717) is 0 Å². The van der Waals surface area contributed by atoms with Crippen LogP contribution in [0.1, 0.15) is 39.5 Å². The lowest BCUT2D eigenvalue weighted by molar-refractivity contribution is 0.433. The van der Waals surface area contributed by atoms with Crippen LogP contribution < -0.4 is 10.6 Å². The largest absolute Gasteiger partial charge is 0.361 e. The number of aromatic nitrogens is 1. The molecule has 0 saturated carbocycles. The predicted octanol–water partition coefficient (Wildman–Crippen LogP) is 2.42. The quantitative estimate of drug-likeness (QED) is 0.773. The van der Waals surface area contributed by atoms with Crippen molar-refractivity contribution in [1.29, 1.82) is 0 Å². The van der Waals surface area contributed by atoms with E-state index in [9.17, 15) is 0 Å². The molecule has 82 valence electrons. The zero-order chi connectivity index (χ0) is 10.7. The molecule has 1 N–H and O–H groups in total. The van der Waals surface area contributed by atoms with Gasteiger partial charge in [0.25, 0.3) is 0 Å². The molecule has 2 unspecified atom stereocenters. The van der Waals surface area contributed by atoms with E-state index < -0.39 is 0 Å². The number of fused-ring (bicyclic) bond motifs is 1. The maximum atomic E-state index is 3.31. The molecule has 15 heavy (non-hydrogen) atoms. The van der Waals surface area contributed by atoms with Gasteiger partial charge in [0.05, 0.1) is 0 Å². The Morgan fingerprint density at radius 2 is 2.40 bits per heavy atom. The minimum Gasteiger partial charge on any atom is -0.361 e. The van der Waals surface area contributed by atoms with Crippen LogP contribution >= 0.6 is 0 Å². The van der Waals surface area contributed by atoms with Crippen LogP contribution in [0, 0.1) is 11.8 Å². The first-order valence-electron chi connectivity index (χ1n) is 6.15. The molecule has 0 aliphatic heterocycles. The van der Waals surface area contributed by atoms with Gasteiger partial charge in [-0.05, 0) is 36.0 Å². The molecule has 0 saturated heterocycles. The molecule has 1 nitrogen and oxygen atoms in total. The Hall–Kier alpha value is -0.980. The van der Waals surface area contributed by atoms with Crippen molar-refractivity contribution in [2.24, 2.45) is 11.8 Å². The number of H-pyrrole nitrogens is 1. The summed E-state index contributed by atoms with van der Waals surface area (Å²) in [5, 5.41) is 2.71. The molecule has 1 heterocycles. The first kappa shape index (κ1) is 10.5. The Kier molecular flexibility index (Phi) is 3.30. The van der Waals surface area contributed by atoms with Gasteiger partial charge in [-0.2, -0.15) is 0 Å². The first-order valence-corrected chi connectivity index (χ1v) is 6.15. The molecule has 1 heteroatoms. The summed E-state index contributed by atoms with van der Waals surface area (Å²) in [6.45, 7) is 4.65. The van der Waals surface area contributed by atoms with Crippen molar-refractivity contribution < 1.29 is 0 Å². The monoisotopic (exact) mass is 203 g/mol. The van der Waals surface area contributed by atoms with Crippen molar-refractivity contribution in [2.45, 2.75) is 39.5 Å². The molecule has 0 bridgehead atoms. The maximum Gasteiger partial charge on any atom is 0.0413 e. The Balaban J connectivity index is 2.03. The van der Waals surface area contributed by atoms with Gasteiger partial charge in [0, 0.05) is 11.5 Å². The second kappa shape index (κ2) is 4.69. The molecule has 1 aromatic heterocycles. The van der Waals surface area contributed by atoms with Crippen LogP contribution in [0.25, 0.3) is 12.2 Å². The zero-order valence-corrected chi connectivity index (χ0v) is 9.79. The summed E-state index contributed by atoms with van der Waals surface area (Å²) in [5.74, 6) is 1.61. The van der Waals surface area contributed by atoms with Gasteiger partial charge in [-0.3, -0.25) is 0 Å². The highest BCUT2D eigenvalue weighted by atomic mass is 14.6. The van der Waals surface area contributed by atoms with Gasteiger partial charge in [0.15, 0.2) is 0 Å². The summed E-state index contributed by atoms with van der Waals surface area (Å²) in [6, 6.07) is 2.16. The number of hydrogen-bond donors (Lipinski definition) is 1. The lowest BCUT2D eigenvalue weighted by Crippen LogP contribution is -2.27. The molecule has 0 spiro atoms. The van der Waals surface area contributed by atoms with Crippen LogP contribution in [-0.4, -0.2) is 4.98 Å². The van der Waals surface area contributed by atoms with Gasteiger partial charge in [0.2, 0.25) is 0 Å². The molecule has 0 fully saturated rings. The van der Waals surface area contributed by atoms with Gasteiger partial charge in [-0.15, -0.1) is 0 Å². The van der Waals surface area contributed by atoms with E-state index in [1.165, 1.54) is 36.3 Å². The SMILES string of the molecule is CCCC(C)CC1C=c2[nH]ccc2=CC1. The Morgan fingerprint density at radius 1 is 1.53 bits per heavy atom. The normalized spacial score (nSPS) is 21.3. The average molecular weight is 203 g/mol. The van der Waals surface area contributed by atoms with E-state index in [4.69, 9.17) is 0 Å². The highest BCUT2D eigenvalue weighted by Gasteiger charge is 2.11. The van der Waals surface area contributed by atoms with Crippen LogP contribution in [0.2, 0.25) is 0 Å². The number of aromatic amines is 1. The number of hydrogen-bond acceptors (Lipinski definition) is 0. The molecule has 1 aliphatic carbocycles. The molecule has 1 aromatic rings. The lowest BCUT2D eigenvalue weighted by atomic mass is 9.88. The number of nitrogens with one attached hydrogen (secondary N) is 1. The fraction of sp³-hybridized carbons (Fsp3) is 0.571. The zero-order valence-electron chi connectivity index (χ0n) is 9.79. The molecule has 0 aromatic carbocycles. The van der Waals surface area contributed by atoms with E-state index >= 15 is 0 Å². The van der Waals surface area contributed by atoms with E-state index in [1.807, 2.05) is 6.20 Å². The highest BCUT2D eigenvalue weighted by Crippen LogP contribution is 2.21. The second-order valence-electron chi connectivity index (χ2n) is 4.84. The topological polar surface area (TPSA) is 15.8 Å². The van der Waals surface area contributed by atoms with Crippen molar-refractivity contribution in [3.63, 3.8) is 0 Å². The number of rotatable bonds is 4. The minimum absolute atomic E-state index is 0.748. The molecular formula is C14H21N. The first-order chi connectivity index (χ1) is 7.29. The molecule has 0 radical (unpaired) electrons. The summed E-state index contributed by atoms with van der Waals surface area (Å²) in [5.41, 5.74) is 0. The van der Waals surface area contributed by atoms with Gasteiger partial charge < -0.3 is 4.98 Å². The summed E-state index contributed by atoms with van der Waals surface area (Å²) in [7, 11) is 0. The fourth-order valence-electron chi connectivity index (χ4n) is 2.59. The lowest BCUT2D eigenvalue weighted by Gasteiger charge is -2.17. The van der Waals surface area contributed by atoms with Crippen LogP contribution in [0.4, 0.5) is 0 Å². The van der Waals surface area contributed by atoms with Crippen LogP contribution in [0.3, 0.4) is 0 Å².